The van der Waals surface area contributed by atoms with Crippen molar-refractivity contribution in [2.45, 2.75) is 20.8 Å². The first-order valence-electron chi connectivity index (χ1n) is 8.31. The summed E-state index contributed by atoms with van der Waals surface area (Å²) in [5, 5.41) is 11.4. The Hall–Kier alpha value is -2.76. The Morgan fingerprint density at radius 2 is 1.64 bits per heavy atom. The van der Waals surface area contributed by atoms with Crippen LogP contribution in [0, 0.1) is 40.7 Å². The largest absolute Gasteiger partial charge is 0.293 e. The molecule has 6 heteroatoms. The van der Waals surface area contributed by atoms with Crippen LogP contribution in [0.3, 0.4) is 0 Å². The van der Waals surface area contributed by atoms with Gasteiger partial charge in [0.25, 0.3) is 5.69 Å². The van der Waals surface area contributed by atoms with E-state index in [1.165, 1.54) is 12.1 Å². The maximum Gasteiger partial charge on any atom is 0.293 e. The standard InChI is InChI=1S/C19H18N2O4/c1-9(2)15-11-5-6-12(15)17-16(11)18(22)20(19(17)23)13-7-4-10(3)8-14(13)21(24)25/h4-8,11-12,16-17H,1-3H3. The van der Waals surface area contributed by atoms with E-state index in [1.54, 1.807) is 13.0 Å². The number of fused-ring (bicyclic) bond motifs is 5. The lowest BCUT2D eigenvalue weighted by atomic mass is 9.85. The average molecular weight is 338 g/mol. The molecule has 1 aromatic rings. The molecule has 2 fully saturated rings. The summed E-state index contributed by atoms with van der Waals surface area (Å²) in [6.07, 6.45) is 4.01. The van der Waals surface area contributed by atoms with E-state index in [0.29, 0.717) is 5.56 Å². The fraction of sp³-hybridized carbons (Fsp3) is 0.368. The minimum absolute atomic E-state index is 0.0639. The van der Waals surface area contributed by atoms with E-state index in [1.807, 2.05) is 26.0 Å². The summed E-state index contributed by atoms with van der Waals surface area (Å²) in [6, 6.07) is 4.59. The number of rotatable bonds is 2. The van der Waals surface area contributed by atoms with E-state index < -0.39 is 16.8 Å². The van der Waals surface area contributed by atoms with Crippen molar-refractivity contribution >= 4 is 23.2 Å². The summed E-state index contributed by atoms with van der Waals surface area (Å²) in [4.78, 5) is 38.0. The number of allylic oxidation sites excluding steroid dienone is 4. The predicted octanol–water partition coefficient (Wildman–Crippen LogP) is 3.16. The van der Waals surface area contributed by atoms with Crippen molar-refractivity contribution in [2.75, 3.05) is 4.90 Å². The Morgan fingerprint density at radius 3 is 2.12 bits per heavy atom. The molecule has 1 aliphatic heterocycles. The van der Waals surface area contributed by atoms with Crippen molar-refractivity contribution in [3.05, 3.63) is 57.2 Å². The van der Waals surface area contributed by atoms with Gasteiger partial charge in [0.1, 0.15) is 5.69 Å². The van der Waals surface area contributed by atoms with Crippen molar-refractivity contribution in [2.24, 2.45) is 23.7 Å². The molecule has 6 nitrogen and oxygen atoms in total. The van der Waals surface area contributed by atoms with Crippen LogP contribution in [0.1, 0.15) is 19.4 Å². The van der Waals surface area contributed by atoms with Crippen LogP contribution in [0.25, 0.3) is 0 Å². The van der Waals surface area contributed by atoms with Crippen molar-refractivity contribution in [1.82, 2.24) is 0 Å². The number of carbonyl (C=O) groups is 2. The second-order valence-corrected chi connectivity index (χ2v) is 7.20. The molecular weight excluding hydrogens is 320 g/mol. The van der Waals surface area contributed by atoms with E-state index in [9.17, 15) is 19.7 Å². The molecule has 2 bridgehead atoms. The minimum atomic E-state index is -0.536. The number of hydrogen-bond donors (Lipinski definition) is 0. The average Bonchev–Trinajstić information content (AvgIpc) is 3.18. The number of aryl methyl sites for hydroxylation is 1. The molecule has 1 aromatic carbocycles. The number of nitro groups is 1. The molecule has 0 aromatic heterocycles. The number of nitro benzene ring substituents is 1. The lowest BCUT2D eigenvalue weighted by molar-refractivity contribution is -0.384. The summed E-state index contributed by atoms with van der Waals surface area (Å²) >= 11 is 0. The van der Waals surface area contributed by atoms with Crippen molar-refractivity contribution in [3.8, 4) is 0 Å². The molecule has 3 aliphatic rings. The van der Waals surface area contributed by atoms with Gasteiger partial charge in [-0.15, -0.1) is 0 Å². The van der Waals surface area contributed by atoms with Gasteiger partial charge >= 0.3 is 0 Å². The van der Waals surface area contributed by atoms with Crippen LogP contribution in [-0.2, 0) is 9.59 Å². The van der Waals surface area contributed by atoms with Gasteiger partial charge in [0.05, 0.1) is 16.8 Å². The zero-order valence-electron chi connectivity index (χ0n) is 14.2. The maximum atomic E-state index is 13.0. The first-order valence-corrected chi connectivity index (χ1v) is 8.31. The smallest absolute Gasteiger partial charge is 0.274 e. The molecule has 0 radical (unpaired) electrons. The van der Waals surface area contributed by atoms with Gasteiger partial charge in [0.15, 0.2) is 0 Å². The Bertz CT molecular complexity index is 861. The fourth-order valence-electron chi connectivity index (χ4n) is 4.64. The molecule has 1 heterocycles. The first-order chi connectivity index (χ1) is 11.8. The van der Waals surface area contributed by atoms with Crippen LogP contribution in [-0.4, -0.2) is 16.7 Å². The van der Waals surface area contributed by atoms with Crippen molar-refractivity contribution in [3.63, 3.8) is 0 Å². The van der Waals surface area contributed by atoms with Gasteiger partial charge in [-0.1, -0.05) is 29.4 Å². The van der Waals surface area contributed by atoms with Gasteiger partial charge in [-0.3, -0.25) is 19.7 Å². The first kappa shape index (κ1) is 15.7. The van der Waals surface area contributed by atoms with Crippen LogP contribution < -0.4 is 4.90 Å². The van der Waals surface area contributed by atoms with E-state index >= 15 is 0 Å². The highest BCUT2D eigenvalue weighted by molar-refractivity contribution is 6.24. The number of anilines is 1. The molecule has 128 valence electrons. The molecule has 0 spiro atoms. The molecular formula is C19H18N2O4. The monoisotopic (exact) mass is 338 g/mol. The van der Waals surface area contributed by atoms with Gasteiger partial charge in [-0.2, -0.15) is 0 Å². The van der Waals surface area contributed by atoms with Crippen LogP contribution in [0.15, 0.2) is 41.5 Å². The van der Waals surface area contributed by atoms with Crippen LogP contribution >= 0.6 is 0 Å². The molecule has 2 amide bonds. The van der Waals surface area contributed by atoms with Gasteiger partial charge < -0.3 is 0 Å². The van der Waals surface area contributed by atoms with E-state index in [0.717, 1.165) is 16.0 Å². The summed E-state index contributed by atoms with van der Waals surface area (Å²) in [6.45, 7) is 5.74. The highest BCUT2D eigenvalue weighted by Gasteiger charge is 2.62. The second kappa shape index (κ2) is 5.12. The third-order valence-electron chi connectivity index (χ3n) is 5.56. The number of nitrogens with zero attached hydrogens (tertiary/aromatic N) is 2. The second-order valence-electron chi connectivity index (χ2n) is 7.20. The topological polar surface area (TPSA) is 80.5 Å². The minimum Gasteiger partial charge on any atom is -0.274 e. The summed E-state index contributed by atoms with van der Waals surface area (Å²) in [5.74, 6) is -1.64. The summed E-state index contributed by atoms with van der Waals surface area (Å²) in [7, 11) is 0. The van der Waals surface area contributed by atoms with Gasteiger partial charge in [0.2, 0.25) is 11.8 Å². The molecule has 4 unspecified atom stereocenters. The number of amides is 2. The SMILES string of the molecule is CC(C)=C1C2C=CC1C1C(=O)N(c3ccc(C)cc3[N+](=O)[O-])C(=O)C21. The van der Waals surface area contributed by atoms with Gasteiger partial charge in [-0.25, -0.2) is 4.90 Å². The highest BCUT2D eigenvalue weighted by Crippen LogP contribution is 2.57. The normalized spacial score (nSPS) is 29.6. The quantitative estimate of drug-likeness (QED) is 0.359. The third kappa shape index (κ3) is 1.97. The predicted molar refractivity (Wildman–Crippen MR) is 91.8 cm³/mol. The summed E-state index contributed by atoms with van der Waals surface area (Å²) < 4.78 is 0. The van der Waals surface area contributed by atoms with Crippen molar-refractivity contribution < 1.29 is 14.5 Å². The molecule has 0 N–H and O–H groups in total. The highest BCUT2D eigenvalue weighted by atomic mass is 16.6. The molecule has 25 heavy (non-hydrogen) atoms. The molecule has 4 rings (SSSR count). The van der Waals surface area contributed by atoms with Crippen LogP contribution in [0.4, 0.5) is 11.4 Å². The Balaban J connectivity index is 1.81. The van der Waals surface area contributed by atoms with E-state index in [2.05, 4.69) is 0 Å². The zero-order valence-corrected chi connectivity index (χ0v) is 14.2. The lowest BCUT2D eigenvalue weighted by Crippen LogP contribution is -2.33. The number of imide groups is 1. The van der Waals surface area contributed by atoms with Gasteiger partial charge in [0, 0.05) is 17.9 Å². The van der Waals surface area contributed by atoms with Gasteiger partial charge in [-0.05, 0) is 32.4 Å². The zero-order chi connectivity index (χ0) is 18.0. The Labute approximate surface area is 145 Å². The summed E-state index contributed by atoms with van der Waals surface area (Å²) in [5.41, 5.74) is 2.89. The van der Waals surface area contributed by atoms with Crippen LogP contribution in [0.5, 0.6) is 0 Å². The number of benzene rings is 1. The Morgan fingerprint density at radius 1 is 1.08 bits per heavy atom. The Kier molecular flexibility index (Phi) is 3.22. The molecule has 4 atom stereocenters. The molecule has 1 saturated heterocycles. The molecule has 2 aliphatic carbocycles. The third-order valence-corrected chi connectivity index (χ3v) is 5.56. The molecule has 1 saturated carbocycles. The number of carbonyl (C=O) groups excluding carboxylic acids is 2. The number of hydrogen-bond acceptors (Lipinski definition) is 4. The maximum absolute atomic E-state index is 13.0. The fourth-order valence-corrected chi connectivity index (χ4v) is 4.64. The lowest BCUT2D eigenvalue weighted by Gasteiger charge is -2.19. The van der Waals surface area contributed by atoms with Crippen molar-refractivity contribution in [1.29, 1.82) is 0 Å². The van der Waals surface area contributed by atoms with E-state index in [-0.39, 0.29) is 35.0 Å². The van der Waals surface area contributed by atoms with E-state index in [4.69, 9.17) is 0 Å². The van der Waals surface area contributed by atoms with Crippen LogP contribution in [0.2, 0.25) is 0 Å².